The van der Waals surface area contributed by atoms with Crippen LogP contribution in [0.4, 0.5) is 0 Å². The molecule has 0 heterocycles. The van der Waals surface area contributed by atoms with Crippen LogP contribution >= 0.6 is 12.6 Å². The summed E-state index contributed by atoms with van der Waals surface area (Å²) in [6, 6.07) is 2.19. The fourth-order valence-corrected chi connectivity index (χ4v) is 2.21. The Morgan fingerprint density at radius 1 is 1.14 bits per heavy atom. The average molecular weight is 208 g/mol. The molecular formula is C13H20S. The number of thiol groups is 1. The second-order valence-electron chi connectivity index (χ2n) is 4.04. The summed E-state index contributed by atoms with van der Waals surface area (Å²) in [4.78, 5) is 1.13. The number of benzene rings is 1. The Kier molecular flexibility index (Phi) is 4.06. The third-order valence-electron chi connectivity index (χ3n) is 3.01. The molecule has 1 aromatic rings. The van der Waals surface area contributed by atoms with E-state index in [9.17, 15) is 0 Å². The molecule has 0 aliphatic heterocycles. The van der Waals surface area contributed by atoms with Crippen molar-refractivity contribution in [3.05, 3.63) is 28.3 Å². The molecular weight excluding hydrogens is 188 g/mol. The van der Waals surface area contributed by atoms with Gasteiger partial charge in [0.05, 0.1) is 0 Å². The Balaban J connectivity index is 3.09. The minimum Gasteiger partial charge on any atom is -0.143 e. The molecule has 1 aromatic carbocycles. The maximum absolute atomic E-state index is 4.48. The monoisotopic (exact) mass is 208 g/mol. The van der Waals surface area contributed by atoms with Crippen molar-refractivity contribution in [3.8, 4) is 0 Å². The molecule has 0 aromatic heterocycles. The normalized spacial score (nSPS) is 10.6. The molecule has 0 aliphatic rings. The summed E-state index contributed by atoms with van der Waals surface area (Å²) in [6.07, 6.45) is 3.76. The van der Waals surface area contributed by atoms with Crippen LogP contribution in [0.25, 0.3) is 0 Å². The quantitative estimate of drug-likeness (QED) is 0.706. The third-order valence-corrected chi connectivity index (χ3v) is 3.47. The molecule has 0 nitrogen and oxygen atoms in total. The van der Waals surface area contributed by atoms with Crippen LogP contribution in [-0.2, 0) is 6.42 Å². The van der Waals surface area contributed by atoms with Crippen LogP contribution in [0.15, 0.2) is 11.0 Å². The van der Waals surface area contributed by atoms with E-state index < -0.39 is 0 Å². The predicted octanol–water partition coefficient (Wildman–Crippen LogP) is 4.24. The third kappa shape index (κ3) is 2.33. The Morgan fingerprint density at radius 3 is 2.36 bits per heavy atom. The molecule has 0 saturated carbocycles. The maximum atomic E-state index is 4.48. The lowest BCUT2D eigenvalue weighted by Gasteiger charge is -2.14. The molecule has 0 atom stereocenters. The van der Waals surface area contributed by atoms with E-state index in [2.05, 4.69) is 46.4 Å². The topological polar surface area (TPSA) is 0 Å². The fourth-order valence-electron chi connectivity index (χ4n) is 1.85. The first-order valence-electron chi connectivity index (χ1n) is 5.36. The maximum Gasteiger partial charge on any atom is 0.00747 e. The van der Waals surface area contributed by atoms with Gasteiger partial charge in [0.25, 0.3) is 0 Å². The van der Waals surface area contributed by atoms with Crippen molar-refractivity contribution >= 4 is 12.6 Å². The van der Waals surface area contributed by atoms with E-state index >= 15 is 0 Å². The SMILES string of the molecule is CCCCc1c(C)cc(S)c(C)c1C. The summed E-state index contributed by atoms with van der Waals surface area (Å²) in [5.74, 6) is 0. The molecule has 0 spiro atoms. The van der Waals surface area contributed by atoms with Gasteiger partial charge < -0.3 is 0 Å². The van der Waals surface area contributed by atoms with Crippen LogP contribution in [-0.4, -0.2) is 0 Å². The zero-order chi connectivity index (χ0) is 10.7. The van der Waals surface area contributed by atoms with Gasteiger partial charge in [-0.05, 0) is 61.9 Å². The second kappa shape index (κ2) is 4.88. The van der Waals surface area contributed by atoms with Gasteiger partial charge in [0.1, 0.15) is 0 Å². The molecule has 0 fully saturated rings. The standard InChI is InChI=1S/C13H20S/c1-5-6-7-12-9(2)8-13(14)11(4)10(12)3/h8,14H,5-7H2,1-4H3. The first-order valence-corrected chi connectivity index (χ1v) is 5.81. The molecule has 0 radical (unpaired) electrons. The van der Waals surface area contributed by atoms with Crippen LogP contribution in [0.1, 0.15) is 42.0 Å². The van der Waals surface area contributed by atoms with Crippen LogP contribution in [0.5, 0.6) is 0 Å². The van der Waals surface area contributed by atoms with Crippen LogP contribution in [0.3, 0.4) is 0 Å². The lowest BCUT2D eigenvalue weighted by atomic mass is 9.94. The van der Waals surface area contributed by atoms with Gasteiger partial charge in [-0.3, -0.25) is 0 Å². The van der Waals surface area contributed by atoms with Crippen molar-refractivity contribution in [1.82, 2.24) is 0 Å². The van der Waals surface area contributed by atoms with Gasteiger partial charge in [0.2, 0.25) is 0 Å². The van der Waals surface area contributed by atoms with E-state index in [1.165, 1.54) is 41.5 Å². The summed E-state index contributed by atoms with van der Waals surface area (Å²) < 4.78 is 0. The summed E-state index contributed by atoms with van der Waals surface area (Å²) in [5, 5.41) is 0. The van der Waals surface area contributed by atoms with E-state index in [1.807, 2.05) is 0 Å². The first-order chi connectivity index (χ1) is 6.57. The lowest BCUT2D eigenvalue weighted by molar-refractivity contribution is 0.784. The zero-order valence-electron chi connectivity index (χ0n) is 9.65. The highest BCUT2D eigenvalue weighted by Gasteiger charge is 2.07. The van der Waals surface area contributed by atoms with Gasteiger partial charge in [-0.15, -0.1) is 12.6 Å². The molecule has 0 N–H and O–H groups in total. The predicted molar refractivity (Wildman–Crippen MR) is 66.5 cm³/mol. The smallest absolute Gasteiger partial charge is 0.00747 e. The number of unbranched alkanes of at least 4 members (excludes halogenated alkanes) is 1. The first kappa shape index (κ1) is 11.6. The zero-order valence-corrected chi connectivity index (χ0v) is 10.5. The highest BCUT2D eigenvalue weighted by molar-refractivity contribution is 7.80. The molecule has 0 unspecified atom stereocenters. The van der Waals surface area contributed by atoms with Crippen LogP contribution < -0.4 is 0 Å². The van der Waals surface area contributed by atoms with E-state index in [1.54, 1.807) is 0 Å². The minimum atomic E-state index is 1.13. The van der Waals surface area contributed by atoms with Crippen LogP contribution in [0, 0.1) is 20.8 Å². The van der Waals surface area contributed by atoms with Gasteiger partial charge in [0.15, 0.2) is 0 Å². The molecule has 78 valence electrons. The summed E-state index contributed by atoms with van der Waals surface area (Å²) in [5.41, 5.74) is 5.70. The van der Waals surface area contributed by atoms with Crippen molar-refractivity contribution in [2.45, 2.75) is 51.9 Å². The molecule has 0 saturated heterocycles. The molecule has 0 aliphatic carbocycles. The van der Waals surface area contributed by atoms with Crippen molar-refractivity contribution in [1.29, 1.82) is 0 Å². The molecule has 0 bridgehead atoms. The second-order valence-corrected chi connectivity index (χ2v) is 4.53. The number of hydrogen-bond donors (Lipinski definition) is 1. The lowest BCUT2D eigenvalue weighted by Crippen LogP contribution is -1.97. The van der Waals surface area contributed by atoms with Gasteiger partial charge in [0, 0.05) is 4.90 Å². The molecule has 14 heavy (non-hydrogen) atoms. The summed E-state index contributed by atoms with van der Waals surface area (Å²) >= 11 is 4.48. The van der Waals surface area contributed by atoms with Gasteiger partial charge in [-0.25, -0.2) is 0 Å². The van der Waals surface area contributed by atoms with Crippen molar-refractivity contribution < 1.29 is 0 Å². The largest absolute Gasteiger partial charge is 0.143 e. The van der Waals surface area contributed by atoms with Crippen molar-refractivity contribution in [2.24, 2.45) is 0 Å². The highest BCUT2D eigenvalue weighted by atomic mass is 32.1. The Labute approximate surface area is 93.1 Å². The average Bonchev–Trinajstić information content (AvgIpc) is 2.14. The number of aryl methyl sites for hydroxylation is 1. The summed E-state index contributed by atoms with van der Waals surface area (Å²) in [6.45, 7) is 8.81. The van der Waals surface area contributed by atoms with Crippen molar-refractivity contribution in [2.75, 3.05) is 0 Å². The van der Waals surface area contributed by atoms with E-state index in [0.29, 0.717) is 0 Å². The molecule has 1 rings (SSSR count). The van der Waals surface area contributed by atoms with Crippen LogP contribution in [0.2, 0.25) is 0 Å². The van der Waals surface area contributed by atoms with Gasteiger partial charge in [-0.1, -0.05) is 13.3 Å². The Bertz CT molecular complexity index is 326. The van der Waals surface area contributed by atoms with Crippen molar-refractivity contribution in [3.63, 3.8) is 0 Å². The Morgan fingerprint density at radius 2 is 1.79 bits per heavy atom. The molecule has 0 amide bonds. The highest BCUT2D eigenvalue weighted by Crippen LogP contribution is 2.25. The van der Waals surface area contributed by atoms with Gasteiger partial charge >= 0.3 is 0 Å². The van der Waals surface area contributed by atoms with E-state index in [0.717, 1.165) is 4.90 Å². The molecule has 1 heteroatoms. The van der Waals surface area contributed by atoms with E-state index in [4.69, 9.17) is 0 Å². The van der Waals surface area contributed by atoms with Gasteiger partial charge in [-0.2, -0.15) is 0 Å². The Hall–Kier alpha value is -0.430. The minimum absolute atomic E-state index is 1.13. The number of rotatable bonds is 3. The summed E-state index contributed by atoms with van der Waals surface area (Å²) in [7, 11) is 0. The number of hydrogen-bond acceptors (Lipinski definition) is 1. The fraction of sp³-hybridized carbons (Fsp3) is 0.538. The van der Waals surface area contributed by atoms with E-state index in [-0.39, 0.29) is 0 Å².